The number of aliphatic hydroxyl groups is 1. The molecule has 0 spiro atoms. The molecule has 2 rings (SSSR count). The van der Waals surface area contributed by atoms with E-state index in [-0.39, 0.29) is 5.91 Å². The third-order valence-corrected chi connectivity index (χ3v) is 4.27. The standard InChI is InChI=1S/C17H28N2O2/c1-2-7-16(20)14-10-11-19(12-14)13-17(21)18-15-8-5-3-4-6-9-15/h10-12,15-16,20H,2-9,13H2,1H3,(H,18,21). The first kappa shape index (κ1) is 16.1. The molecule has 1 unspecified atom stereocenters. The lowest BCUT2D eigenvalue weighted by Crippen LogP contribution is -2.36. The van der Waals surface area contributed by atoms with Crippen molar-refractivity contribution < 1.29 is 9.90 Å². The van der Waals surface area contributed by atoms with Crippen LogP contribution in [0, 0.1) is 0 Å². The van der Waals surface area contributed by atoms with Crippen LogP contribution in [0.2, 0.25) is 0 Å². The molecule has 0 aliphatic heterocycles. The zero-order valence-corrected chi connectivity index (χ0v) is 13.1. The molecule has 0 saturated heterocycles. The molecule has 118 valence electrons. The molecule has 1 aliphatic carbocycles. The maximum atomic E-state index is 12.1. The van der Waals surface area contributed by atoms with Crippen molar-refractivity contribution in [3.05, 3.63) is 24.0 Å². The summed E-state index contributed by atoms with van der Waals surface area (Å²) in [5, 5.41) is 13.1. The number of rotatable bonds is 6. The van der Waals surface area contributed by atoms with E-state index >= 15 is 0 Å². The topological polar surface area (TPSA) is 54.3 Å². The maximum Gasteiger partial charge on any atom is 0.240 e. The first-order valence-corrected chi connectivity index (χ1v) is 8.32. The van der Waals surface area contributed by atoms with Gasteiger partial charge >= 0.3 is 0 Å². The number of hydrogen-bond acceptors (Lipinski definition) is 2. The van der Waals surface area contributed by atoms with Crippen LogP contribution in [0.1, 0.15) is 70.0 Å². The monoisotopic (exact) mass is 292 g/mol. The third-order valence-electron chi connectivity index (χ3n) is 4.27. The minimum Gasteiger partial charge on any atom is -0.388 e. The quantitative estimate of drug-likeness (QED) is 0.791. The van der Waals surface area contributed by atoms with Gasteiger partial charge in [-0.3, -0.25) is 4.79 Å². The summed E-state index contributed by atoms with van der Waals surface area (Å²) in [4.78, 5) is 12.1. The van der Waals surface area contributed by atoms with Gasteiger partial charge in [0.05, 0.1) is 6.10 Å². The molecule has 1 fully saturated rings. The Kier molecular flexibility index (Phi) is 6.30. The van der Waals surface area contributed by atoms with E-state index in [0.29, 0.717) is 12.6 Å². The van der Waals surface area contributed by atoms with Crippen LogP contribution in [0.4, 0.5) is 0 Å². The van der Waals surface area contributed by atoms with Crippen LogP contribution in [0.3, 0.4) is 0 Å². The van der Waals surface area contributed by atoms with E-state index < -0.39 is 6.10 Å². The van der Waals surface area contributed by atoms with Gasteiger partial charge in [0, 0.05) is 18.4 Å². The minimum atomic E-state index is -0.416. The number of nitrogens with one attached hydrogen (secondary N) is 1. The van der Waals surface area contributed by atoms with Gasteiger partial charge in [-0.15, -0.1) is 0 Å². The summed E-state index contributed by atoms with van der Waals surface area (Å²) >= 11 is 0. The van der Waals surface area contributed by atoms with Gasteiger partial charge in [0.1, 0.15) is 6.54 Å². The Morgan fingerprint density at radius 1 is 1.38 bits per heavy atom. The Labute approximate surface area is 127 Å². The van der Waals surface area contributed by atoms with Crippen LogP contribution < -0.4 is 5.32 Å². The molecule has 1 heterocycles. The highest BCUT2D eigenvalue weighted by Gasteiger charge is 2.15. The summed E-state index contributed by atoms with van der Waals surface area (Å²) in [5.74, 6) is 0.0778. The molecule has 4 heteroatoms. The molecular formula is C17H28N2O2. The summed E-state index contributed by atoms with van der Waals surface area (Å²) in [6, 6.07) is 2.25. The van der Waals surface area contributed by atoms with Crippen LogP contribution in [-0.4, -0.2) is 21.6 Å². The summed E-state index contributed by atoms with van der Waals surface area (Å²) in [7, 11) is 0. The molecule has 0 bridgehead atoms. The van der Waals surface area contributed by atoms with Crippen molar-refractivity contribution >= 4 is 5.91 Å². The molecule has 1 aromatic heterocycles. The number of aliphatic hydroxyl groups excluding tert-OH is 1. The number of carbonyl (C=O) groups excluding carboxylic acids is 1. The number of aromatic nitrogens is 1. The maximum absolute atomic E-state index is 12.1. The Balaban J connectivity index is 1.82. The van der Waals surface area contributed by atoms with E-state index in [0.717, 1.165) is 31.2 Å². The molecule has 2 N–H and O–H groups in total. The highest BCUT2D eigenvalue weighted by molar-refractivity contribution is 5.76. The second kappa shape index (κ2) is 8.23. The van der Waals surface area contributed by atoms with E-state index in [9.17, 15) is 9.90 Å². The van der Waals surface area contributed by atoms with E-state index in [1.165, 1.54) is 25.7 Å². The summed E-state index contributed by atoms with van der Waals surface area (Å²) < 4.78 is 1.86. The van der Waals surface area contributed by atoms with Crippen molar-refractivity contribution in [3.63, 3.8) is 0 Å². The molecule has 1 aromatic rings. The van der Waals surface area contributed by atoms with Gasteiger partial charge in [0.25, 0.3) is 0 Å². The highest BCUT2D eigenvalue weighted by atomic mass is 16.3. The Bertz CT molecular complexity index is 434. The predicted molar refractivity (Wildman–Crippen MR) is 83.9 cm³/mol. The van der Waals surface area contributed by atoms with Crippen LogP contribution in [0.5, 0.6) is 0 Å². The lowest BCUT2D eigenvalue weighted by Gasteiger charge is -2.16. The molecule has 1 saturated carbocycles. The van der Waals surface area contributed by atoms with E-state index in [4.69, 9.17) is 0 Å². The van der Waals surface area contributed by atoms with E-state index in [1.54, 1.807) is 0 Å². The van der Waals surface area contributed by atoms with Crippen LogP contribution >= 0.6 is 0 Å². The van der Waals surface area contributed by atoms with Crippen LogP contribution in [-0.2, 0) is 11.3 Å². The first-order chi connectivity index (χ1) is 10.2. The second-order valence-electron chi connectivity index (χ2n) is 6.18. The molecule has 0 aromatic carbocycles. The van der Waals surface area contributed by atoms with Crippen molar-refractivity contribution in [3.8, 4) is 0 Å². The fraction of sp³-hybridized carbons (Fsp3) is 0.706. The van der Waals surface area contributed by atoms with Crippen molar-refractivity contribution in [1.29, 1.82) is 0 Å². The van der Waals surface area contributed by atoms with Gasteiger partial charge in [-0.25, -0.2) is 0 Å². The molecule has 4 nitrogen and oxygen atoms in total. The van der Waals surface area contributed by atoms with Crippen molar-refractivity contribution in [1.82, 2.24) is 9.88 Å². The zero-order valence-electron chi connectivity index (χ0n) is 13.1. The van der Waals surface area contributed by atoms with E-state index in [1.807, 2.05) is 23.0 Å². The fourth-order valence-electron chi connectivity index (χ4n) is 3.06. The van der Waals surface area contributed by atoms with Gasteiger partial charge in [-0.1, -0.05) is 39.0 Å². The second-order valence-corrected chi connectivity index (χ2v) is 6.18. The summed E-state index contributed by atoms with van der Waals surface area (Å²) in [6.07, 6.45) is 12.3. The van der Waals surface area contributed by atoms with E-state index in [2.05, 4.69) is 12.2 Å². The Morgan fingerprint density at radius 3 is 2.76 bits per heavy atom. The van der Waals surface area contributed by atoms with Crippen molar-refractivity contribution in [2.75, 3.05) is 0 Å². The van der Waals surface area contributed by atoms with Gasteiger partial charge in [-0.2, -0.15) is 0 Å². The lowest BCUT2D eigenvalue weighted by atomic mass is 10.1. The van der Waals surface area contributed by atoms with Gasteiger partial charge in [0.15, 0.2) is 0 Å². The normalized spacial score (nSPS) is 18.2. The highest BCUT2D eigenvalue weighted by Crippen LogP contribution is 2.19. The van der Waals surface area contributed by atoms with Gasteiger partial charge in [-0.05, 0) is 30.9 Å². The molecule has 1 amide bonds. The molecule has 1 aliphatic rings. The molecule has 1 atom stereocenters. The van der Waals surface area contributed by atoms with Gasteiger partial charge in [0.2, 0.25) is 5.91 Å². The Hall–Kier alpha value is -1.29. The van der Waals surface area contributed by atoms with Crippen LogP contribution in [0.25, 0.3) is 0 Å². The van der Waals surface area contributed by atoms with Gasteiger partial charge < -0.3 is 15.0 Å². The number of amides is 1. The third kappa shape index (κ3) is 5.20. The Morgan fingerprint density at radius 2 is 2.10 bits per heavy atom. The first-order valence-electron chi connectivity index (χ1n) is 8.32. The average molecular weight is 292 g/mol. The number of nitrogens with zero attached hydrogens (tertiary/aromatic N) is 1. The molecule has 21 heavy (non-hydrogen) atoms. The molecular weight excluding hydrogens is 264 g/mol. The lowest BCUT2D eigenvalue weighted by molar-refractivity contribution is -0.122. The fourth-order valence-corrected chi connectivity index (χ4v) is 3.06. The molecule has 0 radical (unpaired) electrons. The summed E-state index contributed by atoms with van der Waals surface area (Å²) in [6.45, 7) is 2.40. The van der Waals surface area contributed by atoms with Crippen LogP contribution in [0.15, 0.2) is 18.5 Å². The van der Waals surface area contributed by atoms with Crippen molar-refractivity contribution in [2.24, 2.45) is 0 Å². The largest absolute Gasteiger partial charge is 0.388 e. The number of hydrogen-bond donors (Lipinski definition) is 2. The SMILES string of the molecule is CCCC(O)c1ccn(CC(=O)NC2CCCCCC2)c1. The summed E-state index contributed by atoms with van der Waals surface area (Å²) in [5.41, 5.74) is 0.902. The zero-order chi connectivity index (χ0) is 15.1. The minimum absolute atomic E-state index is 0.0778. The average Bonchev–Trinajstić information content (AvgIpc) is 2.76. The van der Waals surface area contributed by atoms with Crippen molar-refractivity contribution in [2.45, 2.75) is 77.0 Å². The number of carbonyl (C=O) groups is 1. The smallest absolute Gasteiger partial charge is 0.240 e. The predicted octanol–water partition coefficient (Wildman–Crippen LogP) is 3.16.